The van der Waals surface area contributed by atoms with Crippen molar-refractivity contribution in [1.29, 1.82) is 5.26 Å². The number of thiophene rings is 1. The van der Waals surface area contributed by atoms with E-state index < -0.39 is 5.97 Å². The minimum Gasteiger partial charge on any atom is -0.465 e. The molecule has 0 amide bonds. The van der Waals surface area contributed by atoms with E-state index in [9.17, 15) is 14.9 Å². The Morgan fingerprint density at radius 1 is 1.35 bits per heavy atom. The number of hydrogen-bond acceptors (Lipinski definition) is 9. The van der Waals surface area contributed by atoms with Crippen LogP contribution in [0.2, 0.25) is 0 Å². The zero-order valence-electron chi connectivity index (χ0n) is 17.3. The van der Waals surface area contributed by atoms with E-state index in [1.165, 1.54) is 18.4 Å². The average molecular weight is 439 g/mol. The van der Waals surface area contributed by atoms with Crippen LogP contribution in [0.4, 0.5) is 5.82 Å². The highest BCUT2D eigenvalue weighted by atomic mass is 32.1. The number of aryl methyl sites for hydroxylation is 1. The van der Waals surface area contributed by atoms with Crippen LogP contribution in [0.15, 0.2) is 23.1 Å². The Hall–Kier alpha value is -3.29. The zero-order valence-corrected chi connectivity index (χ0v) is 18.2. The van der Waals surface area contributed by atoms with Crippen molar-refractivity contribution in [2.45, 2.75) is 19.9 Å². The molecule has 4 heterocycles. The van der Waals surface area contributed by atoms with E-state index in [-0.39, 0.29) is 5.56 Å². The fourth-order valence-electron chi connectivity index (χ4n) is 3.84. The van der Waals surface area contributed by atoms with Gasteiger partial charge in [-0.25, -0.2) is 14.8 Å². The number of nitrogens with one attached hydrogen (secondary N) is 1. The van der Waals surface area contributed by atoms with Gasteiger partial charge in [-0.1, -0.05) is 0 Å². The van der Waals surface area contributed by atoms with Gasteiger partial charge in [-0.05, 0) is 31.0 Å². The van der Waals surface area contributed by atoms with E-state index in [1.54, 1.807) is 25.3 Å². The van der Waals surface area contributed by atoms with E-state index in [2.05, 4.69) is 30.8 Å². The summed E-state index contributed by atoms with van der Waals surface area (Å²) in [4.78, 5) is 41.8. The molecule has 0 aromatic carbocycles. The summed E-state index contributed by atoms with van der Waals surface area (Å²) in [5.74, 6) is 0.823. The Kier molecular flexibility index (Phi) is 5.97. The second-order valence-electron chi connectivity index (χ2n) is 7.34. The molecule has 1 fully saturated rings. The van der Waals surface area contributed by atoms with Crippen LogP contribution in [0, 0.1) is 18.3 Å². The number of aromatic nitrogens is 3. The van der Waals surface area contributed by atoms with Crippen LogP contribution in [0.5, 0.6) is 0 Å². The Morgan fingerprint density at radius 3 is 2.97 bits per heavy atom. The molecule has 31 heavy (non-hydrogen) atoms. The maximum Gasteiger partial charge on any atom is 0.348 e. The van der Waals surface area contributed by atoms with Gasteiger partial charge in [0.1, 0.15) is 27.4 Å². The Labute approximate surface area is 182 Å². The largest absolute Gasteiger partial charge is 0.465 e. The zero-order chi connectivity index (χ0) is 22.0. The molecule has 0 aliphatic carbocycles. The van der Waals surface area contributed by atoms with Crippen molar-refractivity contribution in [1.82, 2.24) is 19.9 Å². The minimum atomic E-state index is -0.458. The molecule has 0 atom stereocenters. The summed E-state index contributed by atoms with van der Waals surface area (Å²) >= 11 is 1.18. The maximum atomic E-state index is 12.7. The summed E-state index contributed by atoms with van der Waals surface area (Å²) in [6.07, 6.45) is 2.60. The van der Waals surface area contributed by atoms with Gasteiger partial charge in [-0.3, -0.25) is 9.69 Å². The van der Waals surface area contributed by atoms with Crippen molar-refractivity contribution in [3.63, 3.8) is 0 Å². The van der Waals surface area contributed by atoms with Gasteiger partial charge in [-0.15, -0.1) is 11.3 Å². The molecule has 1 N–H and O–H groups in total. The number of rotatable bonds is 4. The van der Waals surface area contributed by atoms with Crippen molar-refractivity contribution in [3.05, 3.63) is 50.5 Å². The number of aromatic amines is 1. The third-order valence-corrected chi connectivity index (χ3v) is 6.55. The molecule has 1 saturated heterocycles. The number of nitrogens with zero attached hydrogens (tertiary/aromatic N) is 5. The number of carbonyl (C=O) groups is 1. The van der Waals surface area contributed by atoms with Gasteiger partial charge in [0.15, 0.2) is 0 Å². The van der Waals surface area contributed by atoms with Gasteiger partial charge in [0.05, 0.1) is 24.6 Å². The van der Waals surface area contributed by atoms with Crippen LogP contribution in [0.1, 0.15) is 33.0 Å². The standard InChI is InChI=1S/C21H22N6O3S/c1-13-16-19(28)24-15(25-20(16)31-17(13)21(29)30-2)12-26-7-4-8-27(10-9-26)18-14(11-22)5-3-6-23-18/h3,5-6H,4,7-10,12H2,1-2H3,(H,24,25,28). The van der Waals surface area contributed by atoms with Crippen molar-refractivity contribution in [3.8, 4) is 6.07 Å². The lowest BCUT2D eigenvalue weighted by molar-refractivity contribution is 0.0605. The first-order chi connectivity index (χ1) is 15.0. The van der Waals surface area contributed by atoms with E-state index >= 15 is 0 Å². The summed E-state index contributed by atoms with van der Waals surface area (Å²) in [7, 11) is 1.32. The van der Waals surface area contributed by atoms with Gasteiger partial charge in [0, 0.05) is 32.4 Å². The summed E-state index contributed by atoms with van der Waals surface area (Å²) in [5.41, 5.74) is 0.926. The summed E-state index contributed by atoms with van der Waals surface area (Å²) in [5, 5.41) is 9.79. The SMILES string of the molecule is COC(=O)c1sc2nc(CN3CCCN(c4ncccc4C#N)CC3)[nH]c(=O)c2c1C. The summed E-state index contributed by atoms with van der Waals surface area (Å²) < 4.78 is 4.81. The maximum absolute atomic E-state index is 12.7. The van der Waals surface area contributed by atoms with Crippen molar-refractivity contribution < 1.29 is 9.53 Å². The molecule has 10 heteroatoms. The van der Waals surface area contributed by atoms with E-state index in [4.69, 9.17) is 4.74 Å². The first-order valence-electron chi connectivity index (χ1n) is 9.95. The van der Waals surface area contributed by atoms with E-state index in [0.29, 0.717) is 44.4 Å². The van der Waals surface area contributed by atoms with Gasteiger partial charge in [0.25, 0.3) is 5.56 Å². The van der Waals surface area contributed by atoms with Gasteiger partial charge < -0.3 is 14.6 Å². The number of hydrogen-bond donors (Lipinski definition) is 1. The number of H-pyrrole nitrogens is 1. The number of methoxy groups -OCH3 is 1. The van der Waals surface area contributed by atoms with Gasteiger partial charge in [0.2, 0.25) is 0 Å². The molecule has 0 spiro atoms. The Balaban J connectivity index is 1.52. The predicted octanol–water partition coefficient (Wildman–Crippen LogP) is 2.06. The molecule has 9 nitrogen and oxygen atoms in total. The molecule has 160 valence electrons. The van der Waals surface area contributed by atoms with Gasteiger partial charge in [-0.2, -0.15) is 5.26 Å². The average Bonchev–Trinajstić information content (AvgIpc) is 2.95. The monoisotopic (exact) mass is 438 g/mol. The highest BCUT2D eigenvalue weighted by Crippen LogP contribution is 2.27. The number of anilines is 1. The fraction of sp³-hybridized carbons (Fsp3) is 0.381. The first-order valence-corrected chi connectivity index (χ1v) is 10.8. The van der Waals surface area contributed by atoms with Crippen molar-refractivity contribution in [2.75, 3.05) is 38.2 Å². The third-order valence-electron chi connectivity index (χ3n) is 5.39. The topological polar surface area (TPSA) is 115 Å². The van der Waals surface area contributed by atoms with Crippen LogP contribution >= 0.6 is 11.3 Å². The quantitative estimate of drug-likeness (QED) is 0.616. The Bertz CT molecular complexity index is 1230. The van der Waals surface area contributed by atoms with Gasteiger partial charge >= 0.3 is 5.97 Å². The summed E-state index contributed by atoms with van der Waals surface area (Å²) in [6, 6.07) is 5.75. The fourth-order valence-corrected chi connectivity index (χ4v) is 4.96. The number of carbonyl (C=O) groups excluding carboxylic acids is 1. The third kappa shape index (κ3) is 4.15. The molecule has 3 aromatic rings. The minimum absolute atomic E-state index is 0.243. The van der Waals surface area contributed by atoms with Crippen LogP contribution in [-0.2, 0) is 11.3 Å². The number of ether oxygens (including phenoxy) is 1. The number of fused-ring (bicyclic) bond motifs is 1. The van der Waals surface area contributed by atoms with Crippen molar-refractivity contribution in [2.24, 2.45) is 0 Å². The van der Waals surface area contributed by atoms with E-state index in [1.807, 2.05) is 0 Å². The molecule has 4 rings (SSSR count). The molecule has 1 aliphatic rings. The number of esters is 1. The predicted molar refractivity (Wildman–Crippen MR) is 117 cm³/mol. The van der Waals surface area contributed by atoms with Crippen LogP contribution < -0.4 is 10.5 Å². The molecule has 0 unspecified atom stereocenters. The molecular formula is C21H22N6O3S. The molecule has 1 aliphatic heterocycles. The highest BCUT2D eigenvalue weighted by molar-refractivity contribution is 7.20. The molecule has 3 aromatic heterocycles. The molecule has 0 bridgehead atoms. The smallest absolute Gasteiger partial charge is 0.348 e. The number of pyridine rings is 1. The summed E-state index contributed by atoms with van der Waals surface area (Å²) in [6.45, 7) is 5.35. The van der Waals surface area contributed by atoms with Crippen LogP contribution in [-0.4, -0.2) is 59.1 Å². The number of nitriles is 1. The second kappa shape index (κ2) is 8.83. The van der Waals surface area contributed by atoms with Crippen LogP contribution in [0.3, 0.4) is 0 Å². The Morgan fingerprint density at radius 2 is 2.19 bits per heavy atom. The highest BCUT2D eigenvalue weighted by Gasteiger charge is 2.22. The lowest BCUT2D eigenvalue weighted by Crippen LogP contribution is -2.32. The molecular weight excluding hydrogens is 416 g/mol. The first kappa shape index (κ1) is 21.0. The second-order valence-corrected chi connectivity index (χ2v) is 8.34. The van der Waals surface area contributed by atoms with E-state index in [0.717, 1.165) is 32.6 Å². The molecule has 0 saturated carbocycles. The normalized spacial score (nSPS) is 14.9. The molecule has 0 radical (unpaired) electrons. The lowest BCUT2D eigenvalue weighted by atomic mass is 10.2. The lowest BCUT2D eigenvalue weighted by Gasteiger charge is -2.23. The van der Waals surface area contributed by atoms with Crippen LogP contribution in [0.25, 0.3) is 10.2 Å². The van der Waals surface area contributed by atoms with Crippen molar-refractivity contribution >= 4 is 33.3 Å².